The number of nitrogens with zero attached hydrogens (tertiary/aromatic N) is 2. The first-order valence-electron chi connectivity index (χ1n) is 8.73. The molecule has 3 atom stereocenters. The van der Waals surface area contributed by atoms with Crippen molar-refractivity contribution in [1.29, 1.82) is 0 Å². The highest BCUT2D eigenvalue weighted by atomic mass is 16.2. The maximum absolute atomic E-state index is 12.8. The van der Waals surface area contributed by atoms with E-state index in [1.165, 1.54) is 0 Å². The van der Waals surface area contributed by atoms with Gasteiger partial charge in [-0.1, -0.05) is 6.92 Å². The van der Waals surface area contributed by atoms with E-state index in [0.717, 1.165) is 17.1 Å². The van der Waals surface area contributed by atoms with Crippen LogP contribution in [0.25, 0.3) is 0 Å². The molecule has 0 radical (unpaired) electrons. The van der Waals surface area contributed by atoms with Crippen LogP contribution in [0.4, 0.5) is 5.69 Å². The van der Waals surface area contributed by atoms with E-state index >= 15 is 0 Å². The average Bonchev–Trinajstić information content (AvgIpc) is 3.06. The van der Waals surface area contributed by atoms with Gasteiger partial charge in [-0.05, 0) is 30.5 Å². The fraction of sp³-hybridized carbons (Fsp3) is 0.444. The summed E-state index contributed by atoms with van der Waals surface area (Å²) in [6, 6.07) is 4.27. The van der Waals surface area contributed by atoms with Gasteiger partial charge in [0, 0.05) is 31.2 Å². The fourth-order valence-electron chi connectivity index (χ4n) is 3.86. The summed E-state index contributed by atoms with van der Waals surface area (Å²) < 4.78 is 0. The average molecular weight is 356 g/mol. The van der Waals surface area contributed by atoms with Crippen LogP contribution in [-0.4, -0.2) is 53.7 Å². The molecular weight excluding hydrogens is 336 g/mol. The Morgan fingerprint density at radius 1 is 1.08 bits per heavy atom. The third-order valence-electron chi connectivity index (χ3n) is 5.46. The predicted octanol–water partition coefficient (Wildman–Crippen LogP) is -0.129. The van der Waals surface area contributed by atoms with Gasteiger partial charge in [0.2, 0.25) is 11.8 Å². The van der Waals surface area contributed by atoms with Gasteiger partial charge in [-0.3, -0.25) is 29.4 Å². The Bertz CT molecular complexity index is 826. The van der Waals surface area contributed by atoms with E-state index in [1.807, 2.05) is 6.07 Å². The summed E-state index contributed by atoms with van der Waals surface area (Å²) >= 11 is 0. The van der Waals surface area contributed by atoms with Crippen LogP contribution in [0.15, 0.2) is 18.2 Å². The molecular formula is C18H20N4O4. The highest BCUT2D eigenvalue weighted by Gasteiger charge is 2.44. The molecule has 4 amide bonds. The summed E-state index contributed by atoms with van der Waals surface area (Å²) in [7, 11) is 0. The lowest BCUT2D eigenvalue weighted by molar-refractivity contribution is -0.136. The van der Waals surface area contributed by atoms with Gasteiger partial charge in [0.15, 0.2) is 0 Å². The van der Waals surface area contributed by atoms with Crippen molar-refractivity contribution in [3.8, 4) is 0 Å². The van der Waals surface area contributed by atoms with Gasteiger partial charge in [0.05, 0.1) is 11.1 Å². The number of imide groups is 2. The SMILES string of the molecule is C[C@@H]1CN(c2ccc3c(c2)C(=O)N(C2CCC(=O)NC2=O)C3=O)C[C@H]1N. The molecule has 136 valence electrons. The number of hydrogen-bond donors (Lipinski definition) is 2. The maximum atomic E-state index is 12.8. The molecule has 0 spiro atoms. The van der Waals surface area contributed by atoms with Crippen molar-refractivity contribution in [2.75, 3.05) is 18.0 Å². The van der Waals surface area contributed by atoms with Gasteiger partial charge in [-0.15, -0.1) is 0 Å². The smallest absolute Gasteiger partial charge is 0.262 e. The number of hydrogen-bond acceptors (Lipinski definition) is 6. The van der Waals surface area contributed by atoms with E-state index in [9.17, 15) is 19.2 Å². The molecule has 1 unspecified atom stereocenters. The second kappa shape index (κ2) is 5.91. The largest absolute Gasteiger partial charge is 0.370 e. The van der Waals surface area contributed by atoms with Crippen LogP contribution in [0.2, 0.25) is 0 Å². The predicted molar refractivity (Wildman–Crippen MR) is 92.5 cm³/mol. The zero-order valence-electron chi connectivity index (χ0n) is 14.4. The molecule has 1 aromatic carbocycles. The van der Waals surface area contributed by atoms with Crippen LogP contribution >= 0.6 is 0 Å². The van der Waals surface area contributed by atoms with Crippen LogP contribution in [-0.2, 0) is 9.59 Å². The van der Waals surface area contributed by atoms with Crippen LogP contribution in [0.5, 0.6) is 0 Å². The number of carbonyl (C=O) groups is 4. The number of benzene rings is 1. The zero-order valence-corrected chi connectivity index (χ0v) is 14.4. The van der Waals surface area contributed by atoms with Crippen LogP contribution in [0, 0.1) is 5.92 Å². The standard InChI is InChI=1S/C18H20N4O4/c1-9-7-21(8-13(9)19)10-2-3-11-12(6-10)18(26)22(17(11)25)14-4-5-15(23)20-16(14)24/h2-3,6,9,13-14H,4-5,7-8,19H2,1H3,(H,20,23,24)/t9-,13-,14?/m1/s1. The topological polar surface area (TPSA) is 113 Å². The first-order valence-corrected chi connectivity index (χ1v) is 8.73. The lowest BCUT2D eigenvalue weighted by atomic mass is 10.0. The van der Waals surface area contributed by atoms with Crippen molar-refractivity contribution in [2.24, 2.45) is 11.7 Å². The van der Waals surface area contributed by atoms with E-state index in [0.29, 0.717) is 23.6 Å². The normalized spacial score (nSPS) is 28.6. The summed E-state index contributed by atoms with van der Waals surface area (Å²) in [5.41, 5.74) is 7.50. The van der Waals surface area contributed by atoms with Crippen molar-refractivity contribution in [1.82, 2.24) is 10.2 Å². The van der Waals surface area contributed by atoms with Gasteiger partial charge in [-0.25, -0.2) is 0 Å². The second-order valence-electron chi connectivity index (χ2n) is 7.22. The fourth-order valence-corrected chi connectivity index (χ4v) is 3.86. The molecule has 3 heterocycles. The Morgan fingerprint density at radius 3 is 2.46 bits per heavy atom. The third-order valence-corrected chi connectivity index (χ3v) is 5.46. The van der Waals surface area contributed by atoms with Crippen molar-refractivity contribution < 1.29 is 19.2 Å². The van der Waals surface area contributed by atoms with E-state index in [1.54, 1.807) is 12.1 Å². The number of fused-ring (bicyclic) bond motifs is 1. The molecule has 3 N–H and O–H groups in total. The minimum absolute atomic E-state index is 0.0700. The molecule has 2 saturated heterocycles. The van der Waals surface area contributed by atoms with Gasteiger partial charge in [0.1, 0.15) is 6.04 Å². The van der Waals surface area contributed by atoms with E-state index in [4.69, 9.17) is 5.73 Å². The first-order chi connectivity index (χ1) is 12.4. The maximum Gasteiger partial charge on any atom is 0.262 e. The first kappa shape index (κ1) is 16.7. The molecule has 0 saturated carbocycles. The highest BCUT2D eigenvalue weighted by molar-refractivity contribution is 6.23. The van der Waals surface area contributed by atoms with Gasteiger partial charge >= 0.3 is 0 Å². The Morgan fingerprint density at radius 2 is 1.81 bits per heavy atom. The third kappa shape index (κ3) is 2.48. The van der Waals surface area contributed by atoms with Crippen LogP contribution in [0.1, 0.15) is 40.5 Å². The van der Waals surface area contributed by atoms with Crippen molar-refractivity contribution in [3.63, 3.8) is 0 Å². The van der Waals surface area contributed by atoms with Crippen LogP contribution < -0.4 is 16.0 Å². The Kier molecular flexibility index (Phi) is 3.80. The lowest BCUT2D eigenvalue weighted by Gasteiger charge is -2.27. The summed E-state index contributed by atoms with van der Waals surface area (Å²) in [5.74, 6) is -1.61. The molecule has 8 heteroatoms. The zero-order chi connectivity index (χ0) is 18.6. The van der Waals surface area contributed by atoms with Crippen molar-refractivity contribution in [2.45, 2.75) is 31.8 Å². The number of nitrogens with one attached hydrogen (secondary N) is 1. The number of piperidine rings is 1. The summed E-state index contributed by atoms with van der Waals surface area (Å²) in [6.07, 6.45) is 0.264. The lowest BCUT2D eigenvalue weighted by Crippen LogP contribution is -2.54. The molecule has 1 aromatic rings. The molecule has 26 heavy (non-hydrogen) atoms. The Balaban J connectivity index is 1.62. The molecule has 0 bridgehead atoms. The minimum Gasteiger partial charge on any atom is -0.370 e. The molecule has 0 aromatic heterocycles. The highest BCUT2D eigenvalue weighted by Crippen LogP contribution is 2.32. The van der Waals surface area contributed by atoms with E-state index in [-0.39, 0.29) is 24.8 Å². The summed E-state index contributed by atoms with van der Waals surface area (Å²) in [5, 5.41) is 2.19. The summed E-state index contributed by atoms with van der Waals surface area (Å²) in [6.45, 7) is 3.56. The Labute approximate surface area is 150 Å². The molecule has 2 fully saturated rings. The molecule has 3 aliphatic rings. The number of rotatable bonds is 2. The van der Waals surface area contributed by atoms with E-state index < -0.39 is 23.8 Å². The van der Waals surface area contributed by atoms with Gasteiger partial charge < -0.3 is 10.6 Å². The minimum atomic E-state index is -0.941. The Hall–Kier alpha value is -2.74. The van der Waals surface area contributed by atoms with Crippen LogP contribution in [0.3, 0.4) is 0 Å². The van der Waals surface area contributed by atoms with Gasteiger partial charge in [-0.2, -0.15) is 0 Å². The number of anilines is 1. The summed E-state index contributed by atoms with van der Waals surface area (Å²) in [4.78, 5) is 52.0. The van der Waals surface area contributed by atoms with E-state index in [2.05, 4.69) is 17.1 Å². The van der Waals surface area contributed by atoms with Crippen molar-refractivity contribution >= 4 is 29.3 Å². The molecule has 0 aliphatic carbocycles. The number of amides is 4. The molecule has 8 nitrogen and oxygen atoms in total. The van der Waals surface area contributed by atoms with Gasteiger partial charge in [0.25, 0.3) is 11.8 Å². The monoisotopic (exact) mass is 356 g/mol. The molecule has 4 rings (SSSR count). The quantitative estimate of drug-likeness (QED) is 0.714. The second-order valence-corrected chi connectivity index (χ2v) is 7.22. The number of carbonyl (C=O) groups excluding carboxylic acids is 4. The molecule has 3 aliphatic heterocycles. The number of nitrogens with two attached hydrogens (primary N) is 1. The van der Waals surface area contributed by atoms with Crippen molar-refractivity contribution in [3.05, 3.63) is 29.3 Å².